The van der Waals surface area contributed by atoms with Crippen LogP contribution in [0.2, 0.25) is 5.02 Å². The van der Waals surface area contributed by atoms with E-state index in [1.165, 1.54) is 56.3 Å². The van der Waals surface area contributed by atoms with Crippen molar-refractivity contribution in [1.29, 1.82) is 0 Å². The molecule has 1 saturated carbocycles. The molecular formula is C18H27ClN2. The fraction of sp³-hybridized carbons (Fsp3) is 0.667. The fourth-order valence-electron chi connectivity index (χ4n) is 4.14. The minimum Gasteiger partial charge on any atom is -0.368 e. The fourth-order valence-corrected chi connectivity index (χ4v) is 4.30. The maximum Gasteiger partial charge on any atom is 0.0429 e. The Kier molecular flexibility index (Phi) is 5.07. The Hall–Kier alpha value is -0.730. The van der Waals surface area contributed by atoms with Crippen LogP contribution in [0.15, 0.2) is 18.2 Å². The van der Waals surface area contributed by atoms with Gasteiger partial charge in [-0.25, -0.2) is 0 Å². The average Bonchev–Trinajstić information content (AvgIpc) is 2.53. The van der Waals surface area contributed by atoms with Crippen LogP contribution < -0.4 is 10.2 Å². The van der Waals surface area contributed by atoms with Crippen molar-refractivity contribution in [2.24, 2.45) is 5.92 Å². The van der Waals surface area contributed by atoms with Gasteiger partial charge in [0.05, 0.1) is 0 Å². The third-order valence-electron chi connectivity index (χ3n) is 5.17. The number of rotatable bonds is 4. The van der Waals surface area contributed by atoms with Gasteiger partial charge in [-0.15, -0.1) is 0 Å². The lowest BCUT2D eigenvalue weighted by atomic mass is 9.78. The molecule has 2 atom stereocenters. The zero-order chi connectivity index (χ0) is 14.7. The predicted octanol–water partition coefficient (Wildman–Crippen LogP) is 4.61. The van der Waals surface area contributed by atoms with Crippen LogP contribution in [0.1, 0.15) is 51.0 Å². The van der Waals surface area contributed by atoms with E-state index in [1.54, 1.807) is 0 Å². The molecule has 1 aromatic rings. The molecule has 21 heavy (non-hydrogen) atoms. The largest absolute Gasteiger partial charge is 0.368 e. The minimum absolute atomic E-state index is 0.742. The van der Waals surface area contributed by atoms with Gasteiger partial charge < -0.3 is 10.2 Å². The van der Waals surface area contributed by atoms with Crippen LogP contribution in [-0.4, -0.2) is 19.1 Å². The van der Waals surface area contributed by atoms with Gasteiger partial charge in [-0.3, -0.25) is 0 Å². The molecule has 1 aromatic carbocycles. The number of nitrogens with one attached hydrogen (secondary N) is 1. The number of fused-ring (bicyclic) bond motifs is 1. The van der Waals surface area contributed by atoms with Crippen molar-refractivity contribution >= 4 is 17.3 Å². The van der Waals surface area contributed by atoms with E-state index >= 15 is 0 Å². The van der Waals surface area contributed by atoms with Crippen LogP contribution in [0, 0.1) is 5.92 Å². The molecule has 1 aliphatic heterocycles. The van der Waals surface area contributed by atoms with Crippen LogP contribution in [0.3, 0.4) is 0 Å². The summed E-state index contributed by atoms with van der Waals surface area (Å²) in [5, 5.41) is 4.33. The predicted molar refractivity (Wildman–Crippen MR) is 91.2 cm³/mol. The molecule has 0 aromatic heterocycles. The molecule has 2 fully saturated rings. The highest BCUT2D eigenvalue weighted by Gasteiger charge is 2.34. The molecule has 116 valence electrons. The second kappa shape index (κ2) is 7.02. The molecule has 2 unspecified atom stereocenters. The first-order valence-corrected chi connectivity index (χ1v) is 8.93. The molecular weight excluding hydrogens is 280 g/mol. The summed E-state index contributed by atoms with van der Waals surface area (Å²) in [4.78, 5) is 2.67. The molecule has 0 spiro atoms. The summed E-state index contributed by atoms with van der Waals surface area (Å²) < 4.78 is 0. The van der Waals surface area contributed by atoms with E-state index in [-0.39, 0.29) is 0 Å². The topological polar surface area (TPSA) is 15.3 Å². The Morgan fingerprint density at radius 1 is 1.19 bits per heavy atom. The monoisotopic (exact) mass is 306 g/mol. The van der Waals surface area contributed by atoms with Crippen molar-refractivity contribution in [2.45, 2.75) is 58.0 Å². The van der Waals surface area contributed by atoms with E-state index in [0.29, 0.717) is 0 Å². The lowest BCUT2D eigenvalue weighted by Crippen LogP contribution is -2.47. The minimum atomic E-state index is 0.742. The summed E-state index contributed by atoms with van der Waals surface area (Å²) in [6.07, 6.45) is 8.34. The summed E-state index contributed by atoms with van der Waals surface area (Å²) in [6.45, 7) is 5.30. The van der Waals surface area contributed by atoms with Crippen molar-refractivity contribution in [3.63, 3.8) is 0 Å². The smallest absolute Gasteiger partial charge is 0.0429 e. The standard InChI is InChI=1S/C18H27ClN2/c1-2-20-13-15-9-10-16(19)12-18(15)21-11-5-7-14-6-3-4-8-17(14)21/h9-10,12,14,17,20H,2-8,11,13H2,1H3. The van der Waals surface area contributed by atoms with Crippen molar-refractivity contribution in [3.05, 3.63) is 28.8 Å². The van der Waals surface area contributed by atoms with Crippen molar-refractivity contribution < 1.29 is 0 Å². The van der Waals surface area contributed by atoms with Gasteiger partial charge in [0.25, 0.3) is 0 Å². The Labute approximate surface area is 133 Å². The molecule has 0 bridgehead atoms. The highest BCUT2D eigenvalue weighted by Crippen LogP contribution is 2.39. The van der Waals surface area contributed by atoms with Crippen LogP contribution in [0.25, 0.3) is 0 Å². The Bertz CT molecular complexity index is 472. The van der Waals surface area contributed by atoms with E-state index in [9.17, 15) is 0 Å². The number of nitrogens with zero attached hydrogens (tertiary/aromatic N) is 1. The molecule has 0 radical (unpaired) electrons. The van der Waals surface area contributed by atoms with Crippen molar-refractivity contribution in [1.82, 2.24) is 5.32 Å². The molecule has 3 rings (SSSR count). The zero-order valence-corrected chi connectivity index (χ0v) is 13.8. The van der Waals surface area contributed by atoms with E-state index in [4.69, 9.17) is 11.6 Å². The van der Waals surface area contributed by atoms with Gasteiger partial charge in [0, 0.05) is 29.8 Å². The molecule has 1 aliphatic carbocycles. The second-order valence-electron chi connectivity index (χ2n) is 6.50. The van der Waals surface area contributed by atoms with E-state index in [1.807, 2.05) is 6.07 Å². The van der Waals surface area contributed by atoms with E-state index < -0.39 is 0 Å². The molecule has 1 heterocycles. The summed E-state index contributed by atoms with van der Waals surface area (Å²) in [7, 11) is 0. The highest BCUT2D eigenvalue weighted by atomic mass is 35.5. The molecule has 1 saturated heterocycles. The molecule has 2 aliphatic rings. The SMILES string of the molecule is CCNCc1ccc(Cl)cc1N1CCCC2CCCCC21. The number of anilines is 1. The Balaban J connectivity index is 1.88. The molecule has 1 N–H and O–H groups in total. The summed E-state index contributed by atoms with van der Waals surface area (Å²) in [5.41, 5.74) is 2.77. The summed E-state index contributed by atoms with van der Waals surface area (Å²) in [5.74, 6) is 0.901. The number of hydrogen-bond acceptors (Lipinski definition) is 2. The van der Waals surface area contributed by atoms with Gasteiger partial charge in [-0.2, -0.15) is 0 Å². The first-order valence-electron chi connectivity index (χ1n) is 8.55. The van der Waals surface area contributed by atoms with Crippen LogP contribution >= 0.6 is 11.6 Å². The van der Waals surface area contributed by atoms with Gasteiger partial charge in [-0.1, -0.05) is 37.4 Å². The molecule has 3 heteroatoms. The third-order valence-corrected chi connectivity index (χ3v) is 5.40. The first-order chi connectivity index (χ1) is 10.3. The Morgan fingerprint density at radius 3 is 2.86 bits per heavy atom. The molecule has 0 amide bonds. The van der Waals surface area contributed by atoms with E-state index in [2.05, 4.69) is 29.3 Å². The second-order valence-corrected chi connectivity index (χ2v) is 6.94. The van der Waals surface area contributed by atoms with E-state index in [0.717, 1.165) is 30.1 Å². The van der Waals surface area contributed by atoms with Gasteiger partial charge >= 0.3 is 0 Å². The average molecular weight is 307 g/mol. The zero-order valence-electron chi connectivity index (χ0n) is 13.1. The highest BCUT2D eigenvalue weighted by molar-refractivity contribution is 6.30. The van der Waals surface area contributed by atoms with Crippen LogP contribution in [-0.2, 0) is 6.54 Å². The number of halogens is 1. The first kappa shape index (κ1) is 15.2. The lowest BCUT2D eigenvalue weighted by Gasteiger charge is -2.46. The number of piperidine rings is 1. The Morgan fingerprint density at radius 2 is 2.00 bits per heavy atom. The maximum absolute atomic E-state index is 6.30. The van der Waals surface area contributed by atoms with Crippen LogP contribution in [0.4, 0.5) is 5.69 Å². The van der Waals surface area contributed by atoms with Gasteiger partial charge in [-0.05, 0) is 55.8 Å². The molecule has 2 nitrogen and oxygen atoms in total. The summed E-state index contributed by atoms with van der Waals surface area (Å²) in [6, 6.07) is 7.16. The normalized spacial score (nSPS) is 25.7. The van der Waals surface area contributed by atoms with Crippen molar-refractivity contribution in [2.75, 3.05) is 18.0 Å². The lowest BCUT2D eigenvalue weighted by molar-refractivity contribution is 0.243. The van der Waals surface area contributed by atoms with Crippen LogP contribution in [0.5, 0.6) is 0 Å². The van der Waals surface area contributed by atoms with Gasteiger partial charge in [0.1, 0.15) is 0 Å². The van der Waals surface area contributed by atoms with Gasteiger partial charge in [0.15, 0.2) is 0 Å². The van der Waals surface area contributed by atoms with Gasteiger partial charge in [0.2, 0.25) is 0 Å². The number of benzene rings is 1. The summed E-state index contributed by atoms with van der Waals surface area (Å²) >= 11 is 6.30. The number of hydrogen-bond donors (Lipinski definition) is 1. The third kappa shape index (κ3) is 3.37. The maximum atomic E-state index is 6.30. The van der Waals surface area contributed by atoms with Crippen molar-refractivity contribution in [3.8, 4) is 0 Å². The quantitative estimate of drug-likeness (QED) is 0.874.